The number of rotatable bonds is 7. The van der Waals surface area contributed by atoms with E-state index in [1.54, 1.807) is 30.5 Å². The van der Waals surface area contributed by atoms with Crippen LogP contribution in [0.1, 0.15) is 25.1 Å². The molecule has 0 aliphatic carbocycles. The van der Waals surface area contributed by atoms with Crippen LogP contribution >= 0.6 is 15.9 Å². The van der Waals surface area contributed by atoms with Gasteiger partial charge in [0.05, 0.1) is 24.0 Å². The first-order valence-electron chi connectivity index (χ1n) is 9.28. The number of nitroso groups, excluding NO2 is 1. The smallest absolute Gasteiger partial charge is 0.229 e. The van der Waals surface area contributed by atoms with E-state index >= 15 is 0 Å². The van der Waals surface area contributed by atoms with Crippen molar-refractivity contribution in [2.24, 2.45) is 11.1 Å². The summed E-state index contributed by atoms with van der Waals surface area (Å²) in [6, 6.07) is 14.5. The average molecular weight is 453 g/mol. The van der Waals surface area contributed by atoms with Gasteiger partial charge in [-0.1, -0.05) is 54.0 Å². The SMILES string of the molecule is CC(C)Cc1nc(-c2ccc(N=O)cc2)cnc1NC(=O)Cc1ccc(Br)cc1. The zero-order chi connectivity index (χ0) is 20.8. The Bertz CT molecular complexity index is 1000. The van der Waals surface area contributed by atoms with Gasteiger partial charge in [0.15, 0.2) is 5.82 Å². The van der Waals surface area contributed by atoms with E-state index in [4.69, 9.17) is 4.98 Å². The van der Waals surface area contributed by atoms with Crippen LogP contribution in [0.2, 0.25) is 0 Å². The molecule has 0 aliphatic heterocycles. The normalized spacial score (nSPS) is 10.8. The van der Waals surface area contributed by atoms with E-state index in [1.807, 2.05) is 24.3 Å². The van der Waals surface area contributed by atoms with Gasteiger partial charge < -0.3 is 5.32 Å². The number of carbonyl (C=O) groups excluding carboxylic acids is 1. The van der Waals surface area contributed by atoms with Crippen LogP contribution in [0.15, 0.2) is 64.4 Å². The molecule has 29 heavy (non-hydrogen) atoms. The zero-order valence-corrected chi connectivity index (χ0v) is 17.8. The van der Waals surface area contributed by atoms with Gasteiger partial charge in [0.25, 0.3) is 0 Å². The highest BCUT2D eigenvalue weighted by Gasteiger charge is 2.14. The summed E-state index contributed by atoms with van der Waals surface area (Å²) in [5, 5.41) is 5.81. The van der Waals surface area contributed by atoms with Crippen molar-refractivity contribution in [2.45, 2.75) is 26.7 Å². The monoisotopic (exact) mass is 452 g/mol. The molecule has 1 N–H and O–H groups in total. The van der Waals surface area contributed by atoms with Crippen molar-refractivity contribution in [1.29, 1.82) is 0 Å². The van der Waals surface area contributed by atoms with E-state index in [1.165, 1.54) is 0 Å². The van der Waals surface area contributed by atoms with E-state index < -0.39 is 0 Å². The van der Waals surface area contributed by atoms with Gasteiger partial charge in [-0.2, -0.15) is 0 Å². The Morgan fingerprint density at radius 2 is 1.79 bits per heavy atom. The molecule has 1 amide bonds. The Morgan fingerprint density at radius 3 is 2.41 bits per heavy atom. The van der Waals surface area contributed by atoms with Crippen molar-refractivity contribution < 1.29 is 4.79 Å². The number of nitrogens with zero attached hydrogens (tertiary/aromatic N) is 3. The standard InChI is InChI=1S/C22H21BrN4O2/c1-14(2)11-19-22(26-21(28)12-15-3-7-17(23)8-4-15)24-13-20(25-19)16-5-9-18(27-29)10-6-16/h3-10,13-14H,11-12H2,1-2H3,(H,24,26,28). The van der Waals surface area contributed by atoms with Gasteiger partial charge in [0, 0.05) is 10.0 Å². The van der Waals surface area contributed by atoms with E-state index in [0.29, 0.717) is 29.5 Å². The summed E-state index contributed by atoms with van der Waals surface area (Å²) in [5.74, 6) is 0.694. The molecule has 6 nitrogen and oxygen atoms in total. The van der Waals surface area contributed by atoms with Crippen molar-refractivity contribution in [3.8, 4) is 11.3 Å². The van der Waals surface area contributed by atoms with Crippen molar-refractivity contribution in [3.05, 3.63) is 75.4 Å². The Hall–Kier alpha value is -2.93. The summed E-state index contributed by atoms with van der Waals surface area (Å²) >= 11 is 3.39. The first-order valence-corrected chi connectivity index (χ1v) is 10.1. The number of anilines is 1. The van der Waals surface area contributed by atoms with Gasteiger partial charge >= 0.3 is 0 Å². The summed E-state index contributed by atoms with van der Waals surface area (Å²) in [4.78, 5) is 32.3. The molecular formula is C22H21BrN4O2. The van der Waals surface area contributed by atoms with Gasteiger partial charge in [0.1, 0.15) is 5.69 Å². The molecule has 0 saturated heterocycles. The summed E-state index contributed by atoms with van der Waals surface area (Å²) in [5.41, 5.74) is 3.54. The maximum atomic E-state index is 12.5. The van der Waals surface area contributed by atoms with Crippen molar-refractivity contribution in [2.75, 3.05) is 5.32 Å². The molecule has 0 radical (unpaired) electrons. The molecule has 1 heterocycles. The second-order valence-corrected chi connectivity index (χ2v) is 8.05. The molecule has 3 aromatic rings. The predicted octanol–water partition coefficient (Wildman–Crippen LogP) is 5.68. The molecule has 0 aliphatic rings. The third-order valence-electron chi connectivity index (χ3n) is 4.25. The lowest BCUT2D eigenvalue weighted by atomic mass is 10.1. The first-order chi connectivity index (χ1) is 13.9. The molecule has 0 unspecified atom stereocenters. The average Bonchev–Trinajstić information content (AvgIpc) is 2.71. The number of nitrogens with one attached hydrogen (secondary N) is 1. The second kappa shape index (κ2) is 9.52. The Labute approximate surface area is 177 Å². The number of hydrogen-bond donors (Lipinski definition) is 1. The molecule has 0 fully saturated rings. The molecule has 7 heteroatoms. The lowest BCUT2D eigenvalue weighted by molar-refractivity contribution is -0.115. The molecular weight excluding hydrogens is 432 g/mol. The third-order valence-corrected chi connectivity index (χ3v) is 4.78. The minimum Gasteiger partial charge on any atom is -0.309 e. The quantitative estimate of drug-likeness (QED) is 0.467. The minimum absolute atomic E-state index is 0.138. The van der Waals surface area contributed by atoms with Gasteiger partial charge in [-0.25, -0.2) is 9.97 Å². The fraction of sp³-hybridized carbons (Fsp3) is 0.227. The molecule has 148 valence electrons. The number of amides is 1. The number of hydrogen-bond acceptors (Lipinski definition) is 5. The number of aromatic nitrogens is 2. The highest BCUT2D eigenvalue weighted by molar-refractivity contribution is 9.10. The van der Waals surface area contributed by atoms with Crippen LogP contribution in [0.5, 0.6) is 0 Å². The fourth-order valence-corrected chi connectivity index (χ4v) is 3.12. The van der Waals surface area contributed by atoms with E-state index in [-0.39, 0.29) is 12.3 Å². The maximum absolute atomic E-state index is 12.5. The molecule has 0 bridgehead atoms. The van der Waals surface area contributed by atoms with Crippen molar-refractivity contribution >= 4 is 33.3 Å². The summed E-state index contributed by atoms with van der Waals surface area (Å²) in [6.45, 7) is 4.18. The maximum Gasteiger partial charge on any atom is 0.229 e. The van der Waals surface area contributed by atoms with Gasteiger partial charge in [0.2, 0.25) is 5.91 Å². The zero-order valence-electron chi connectivity index (χ0n) is 16.2. The summed E-state index contributed by atoms with van der Waals surface area (Å²) in [6.07, 6.45) is 2.57. The molecule has 0 atom stereocenters. The highest BCUT2D eigenvalue weighted by Crippen LogP contribution is 2.24. The Kier molecular flexibility index (Phi) is 6.82. The fourth-order valence-electron chi connectivity index (χ4n) is 2.86. The number of benzene rings is 2. The molecule has 3 rings (SSSR count). The van der Waals surface area contributed by atoms with Crippen LogP contribution in [0.25, 0.3) is 11.3 Å². The Morgan fingerprint density at radius 1 is 1.10 bits per heavy atom. The molecule has 2 aromatic carbocycles. The predicted molar refractivity (Wildman–Crippen MR) is 118 cm³/mol. The van der Waals surface area contributed by atoms with Crippen LogP contribution in [-0.2, 0) is 17.6 Å². The Balaban J connectivity index is 1.82. The summed E-state index contributed by atoms with van der Waals surface area (Å²) < 4.78 is 0.972. The lowest BCUT2D eigenvalue weighted by Crippen LogP contribution is -2.18. The number of halogens is 1. The topological polar surface area (TPSA) is 84.3 Å². The second-order valence-electron chi connectivity index (χ2n) is 7.14. The van der Waals surface area contributed by atoms with Crippen LogP contribution in [0.4, 0.5) is 11.5 Å². The van der Waals surface area contributed by atoms with E-state index in [9.17, 15) is 9.70 Å². The van der Waals surface area contributed by atoms with Gasteiger partial charge in [-0.15, -0.1) is 4.91 Å². The molecule has 1 aromatic heterocycles. The van der Waals surface area contributed by atoms with Crippen LogP contribution in [0.3, 0.4) is 0 Å². The van der Waals surface area contributed by atoms with E-state index in [2.05, 4.69) is 45.3 Å². The third kappa shape index (κ3) is 5.77. The highest BCUT2D eigenvalue weighted by atomic mass is 79.9. The van der Waals surface area contributed by atoms with Crippen molar-refractivity contribution in [1.82, 2.24) is 9.97 Å². The van der Waals surface area contributed by atoms with Crippen LogP contribution in [0, 0.1) is 10.8 Å². The van der Waals surface area contributed by atoms with Crippen molar-refractivity contribution in [3.63, 3.8) is 0 Å². The molecule has 0 saturated carbocycles. The van der Waals surface area contributed by atoms with Gasteiger partial charge in [-0.3, -0.25) is 4.79 Å². The van der Waals surface area contributed by atoms with Crippen LogP contribution < -0.4 is 5.32 Å². The van der Waals surface area contributed by atoms with E-state index in [0.717, 1.165) is 21.3 Å². The lowest BCUT2D eigenvalue weighted by Gasteiger charge is -2.13. The first kappa shape index (κ1) is 20.8. The minimum atomic E-state index is -0.138. The largest absolute Gasteiger partial charge is 0.309 e. The summed E-state index contributed by atoms with van der Waals surface area (Å²) in [7, 11) is 0. The van der Waals surface area contributed by atoms with Gasteiger partial charge in [-0.05, 0) is 47.3 Å². The number of carbonyl (C=O) groups is 1. The van der Waals surface area contributed by atoms with Crippen LogP contribution in [-0.4, -0.2) is 15.9 Å². The molecule has 0 spiro atoms.